The third-order valence-electron chi connectivity index (χ3n) is 3.75. The lowest BCUT2D eigenvalue weighted by molar-refractivity contribution is 0.0695. The Labute approximate surface area is 132 Å². The summed E-state index contributed by atoms with van der Waals surface area (Å²) in [4.78, 5) is 23.6. The van der Waals surface area contributed by atoms with Crippen molar-refractivity contribution in [3.05, 3.63) is 58.8 Å². The van der Waals surface area contributed by atoms with Crippen molar-refractivity contribution < 1.29 is 14.7 Å². The summed E-state index contributed by atoms with van der Waals surface area (Å²) in [6.07, 6.45) is 1.64. The van der Waals surface area contributed by atoms with Gasteiger partial charge in [-0.2, -0.15) is 5.10 Å². The fourth-order valence-electron chi connectivity index (χ4n) is 2.50. The highest BCUT2D eigenvalue weighted by Crippen LogP contribution is 2.22. The molecule has 0 spiro atoms. The summed E-state index contributed by atoms with van der Waals surface area (Å²) in [7, 11) is 0. The Balaban J connectivity index is 1.93. The zero-order valence-electron chi connectivity index (χ0n) is 12.7. The van der Waals surface area contributed by atoms with E-state index >= 15 is 0 Å². The lowest BCUT2D eigenvalue weighted by Gasteiger charge is -2.11. The average Bonchev–Trinajstić information content (AvgIpc) is 2.96. The Morgan fingerprint density at radius 3 is 2.65 bits per heavy atom. The standard InChI is InChI=1S/C17H15N3O3/c1-9-5-10(2)15(7-13(9)17(22)23)19-16(21)11-3-4-14-12(6-11)8-18-20-14/h3-8H,1-2H3,(H,18,20)(H,19,21)(H,22,23). The highest BCUT2D eigenvalue weighted by atomic mass is 16.4. The topological polar surface area (TPSA) is 95.1 Å². The van der Waals surface area contributed by atoms with Crippen molar-refractivity contribution in [3.8, 4) is 0 Å². The minimum Gasteiger partial charge on any atom is -0.478 e. The van der Waals surface area contributed by atoms with Gasteiger partial charge in [0.1, 0.15) is 0 Å². The van der Waals surface area contributed by atoms with Gasteiger partial charge in [-0.05, 0) is 49.2 Å². The molecule has 1 aromatic heterocycles. The van der Waals surface area contributed by atoms with E-state index in [4.69, 9.17) is 0 Å². The van der Waals surface area contributed by atoms with Crippen LogP contribution in [0.4, 0.5) is 5.69 Å². The number of carbonyl (C=O) groups is 2. The number of aryl methyl sites for hydroxylation is 2. The number of aromatic amines is 1. The lowest BCUT2D eigenvalue weighted by atomic mass is 10.0. The fourth-order valence-corrected chi connectivity index (χ4v) is 2.50. The Morgan fingerprint density at radius 2 is 1.91 bits per heavy atom. The quantitative estimate of drug-likeness (QED) is 0.692. The lowest BCUT2D eigenvalue weighted by Crippen LogP contribution is -2.14. The molecule has 0 bridgehead atoms. The predicted molar refractivity (Wildman–Crippen MR) is 86.9 cm³/mol. The van der Waals surface area contributed by atoms with Gasteiger partial charge in [-0.3, -0.25) is 9.89 Å². The van der Waals surface area contributed by atoms with E-state index in [1.807, 2.05) is 6.92 Å². The number of H-pyrrole nitrogens is 1. The minimum absolute atomic E-state index is 0.177. The number of anilines is 1. The summed E-state index contributed by atoms with van der Waals surface area (Å²) in [5.41, 5.74) is 3.47. The molecule has 2 aromatic carbocycles. The van der Waals surface area contributed by atoms with Gasteiger partial charge in [-0.25, -0.2) is 4.79 Å². The molecule has 0 unspecified atom stereocenters. The summed E-state index contributed by atoms with van der Waals surface area (Å²) in [6.45, 7) is 3.56. The molecule has 1 heterocycles. The van der Waals surface area contributed by atoms with E-state index in [0.29, 0.717) is 16.8 Å². The van der Waals surface area contributed by atoms with Crippen molar-refractivity contribution in [2.75, 3.05) is 5.32 Å². The maximum atomic E-state index is 12.4. The monoisotopic (exact) mass is 309 g/mol. The first kappa shape index (κ1) is 14.8. The van der Waals surface area contributed by atoms with Crippen LogP contribution in [0.1, 0.15) is 31.8 Å². The summed E-state index contributed by atoms with van der Waals surface area (Å²) < 4.78 is 0. The normalized spacial score (nSPS) is 10.7. The number of nitrogens with zero attached hydrogens (tertiary/aromatic N) is 1. The number of hydrogen-bond acceptors (Lipinski definition) is 3. The molecule has 0 atom stereocenters. The first-order valence-corrected chi connectivity index (χ1v) is 7.05. The second-order valence-corrected chi connectivity index (χ2v) is 5.41. The van der Waals surface area contributed by atoms with Gasteiger partial charge in [0.25, 0.3) is 5.91 Å². The van der Waals surface area contributed by atoms with Crippen LogP contribution in [0.15, 0.2) is 36.5 Å². The van der Waals surface area contributed by atoms with Gasteiger partial charge < -0.3 is 10.4 Å². The fraction of sp³-hybridized carbons (Fsp3) is 0.118. The second-order valence-electron chi connectivity index (χ2n) is 5.41. The van der Waals surface area contributed by atoms with Gasteiger partial charge in [0, 0.05) is 16.6 Å². The van der Waals surface area contributed by atoms with Crippen molar-refractivity contribution in [2.24, 2.45) is 0 Å². The number of amides is 1. The average molecular weight is 309 g/mol. The Bertz CT molecular complexity index is 928. The summed E-state index contributed by atoms with van der Waals surface area (Å²) >= 11 is 0. The maximum absolute atomic E-state index is 12.4. The van der Waals surface area contributed by atoms with Crippen LogP contribution >= 0.6 is 0 Å². The number of carboxylic acids is 1. The summed E-state index contributed by atoms with van der Waals surface area (Å²) in [5, 5.41) is 19.6. The van der Waals surface area contributed by atoms with Gasteiger partial charge in [0.05, 0.1) is 17.3 Å². The number of fused-ring (bicyclic) bond motifs is 1. The molecule has 3 N–H and O–H groups in total. The first-order chi connectivity index (χ1) is 11.0. The van der Waals surface area contributed by atoms with Crippen LogP contribution in [-0.4, -0.2) is 27.2 Å². The highest BCUT2D eigenvalue weighted by Gasteiger charge is 2.13. The third kappa shape index (κ3) is 2.78. The number of aromatic carboxylic acids is 1. The van der Waals surface area contributed by atoms with Gasteiger partial charge in [-0.1, -0.05) is 6.07 Å². The van der Waals surface area contributed by atoms with Crippen LogP contribution in [0.5, 0.6) is 0 Å². The number of carboxylic acid groups (broad SMARTS) is 1. The zero-order chi connectivity index (χ0) is 16.6. The number of nitrogens with one attached hydrogen (secondary N) is 2. The van der Waals surface area contributed by atoms with Crippen LogP contribution in [0.25, 0.3) is 10.9 Å². The van der Waals surface area contributed by atoms with Crippen LogP contribution in [0.3, 0.4) is 0 Å². The molecular weight excluding hydrogens is 294 g/mol. The van der Waals surface area contributed by atoms with Crippen LogP contribution < -0.4 is 5.32 Å². The smallest absolute Gasteiger partial charge is 0.336 e. The van der Waals surface area contributed by atoms with Gasteiger partial charge in [0.2, 0.25) is 0 Å². The highest BCUT2D eigenvalue weighted by molar-refractivity contribution is 6.07. The molecule has 0 saturated heterocycles. The number of carbonyl (C=O) groups excluding carboxylic acids is 1. The Morgan fingerprint density at radius 1 is 1.13 bits per heavy atom. The van der Waals surface area contributed by atoms with Crippen molar-refractivity contribution >= 4 is 28.5 Å². The minimum atomic E-state index is -1.02. The third-order valence-corrected chi connectivity index (χ3v) is 3.75. The zero-order valence-corrected chi connectivity index (χ0v) is 12.7. The van der Waals surface area contributed by atoms with Crippen LogP contribution in [-0.2, 0) is 0 Å². The van der Waals surface area contributed by atoms with Gasteiger partial charge >= 0.3 is 5.97 Å². The van der Waals surface area contributed by atoms with E-state index in [1.165, 1.54) is 6.07 Å². The number of benzene rings is 2. The molecule has 0 aliphatic heterocycles. The largest absolute Gasteiger partial charge is 0.478 e. The SMILES string of the molecule is Cc1cc(C)c(C(=O)O)cc1NC(=O)c1ccc2[nH]ncc2c1. The number of rotatable bonds is 3. The molecule has 1 amide bonds. The second kappa shape index (κ2) is 5.57. The summed E-state index contributed by atoms with van der Waals surface area (Å²) in [5.74, 6) is -1.31. The predicted octanol–water partition coefficient (Wildman–Crippen LogP) is 3.13. The molecule has 23 heavy (non-hydrogen) atoms. The summed E-state index contributed by atoms with van der Waals surface area (Å²) in [6, 6.07) is 8.44. The molecular formula is C17H15N3O3. The molecule has 0 fully saturated rings. The molecule has 116 valence electrons. The molecule has 0 radical (unpaired) electrons. The van der Waals surface area contributed by atoms with E-state index in [9.17, 15) is 14.7 Å². The van der Waals surface area contributed by atoms with E-state index < -0.39 is 5.97 Å². The molecule has 6 heteroatoms. The van der Waals surface area contributed by atoms with Crippen LogP contribution in [0, 0.1) is 13.8 Å². The molecule has 0 aliphatic carbocycles. The van der Waals surface area contributed by atoms with Gasteiger partial charge in [0.15, 0.2) is 0 Å². The Hall–Kier alpha value is -3.15. The van der Waals surface area contributed by atoms with Crippen LogP contribution in [0.2, 0.25) is 0 Å². The molecule has 0 aliphatic rings. The van der Waals surface area contributed by atoms with Crippen molar-refractivity contribution in [3.63, 3.8) is 0 Å². The van der Waals surface area contributed by atoms with Crippen molar-refractivity contribution in [2.45, 2.75) is 13.8 Å². The molecule has 6 nitrogen and oxygen atoms in total. The van der Waals surface area contributed by atoms with E-state index in [1.54, 1.807) is 37.4 Å². The first-order valence-electron chi connectivity index (χ1n) is 7.05. The number of hydrogen-bond donors (Lipinski definition) is 3. The Kier molecular flexibility index (Phi) is 3.57. The van der Waals surface area contributed by atoms with Crippen molar-refractivity contribution in [1.82, 2.24) is 10.2 Å². The van der Waals surface area contributed by atoms with Gasteiger partial charge in [-0.15, -0.1) is 0 Å². The number of aromatic nitrogens is 2. The molecule has 3 aromatic rings. The maximum Gasteiger partial charge on any atom is 0.336 e. The van der Waals surface area contributed by atoms with E-state index in [-0.39, 0.29) is 11.5 Å². The molecule has 0 saturated carbocycles. The van der Waals surface area contributed by atoms with Crippen molar-refractivity contribution in [1.29, 1.82) is 0 Å². The van der Waals surface area contributed by atoms with E-state index in [2.05, 4.69) is 15.5 Å². The molecule has 3 rings (SSSR count). The van der Waals surface area contributed by atoms with E-state index in [0.717, 1.165) is 16.5 Å².